The van der Waals surface area contributed by atoms with Gasteiger partial charge in [-0.2, -0.15) is 0 Å². The van der Waals surface area contributed by atoms with Gasteiger partial charge in [0, 0.05) is 17.9 Å². The van der Waals surface area contributed by atoms with Gasteiger partial charge in [-0.1, -0.05) is 18.2 Å². The van der Waals surface area contributed by atoms with E-state index >= 15 is 0 Å². The predicted octanol–water partition coefficient (Wildman–Crippen LogP) is 2.55. The summed E-state index contributed by atoms with van der Waals surface area (Å²) >= 11 is 1.75. The minimum atomic E-state index is 0.312. The van der Waals surface area contributed by atoms with Gasteiger partial charge in [0.15, 0.2) is 0 Å². The van der Waals surface area contributed by atoms with E-state index in [1.54, 1.807) is 17.8 Å². The number of rotatable bonds is 2. The van der Waals surface area contributed by atoms with Gasteiger partial charge < -0.3 is 5.11 Å². The quantitative estimate of drug-likeness (QED) is 0.804. The van der Waals surface area contributed by atoms with Crippen molar-refractivity contribution in [3.8, 4) is 5.75 Å². The number of para-hydroxylation sites is 1. The Morgan fingerprint density at radius 1 is 1.29 bits per heavy atom. The van der Waals surface area contributed by atoms with E-state index in [2.05, 4.69) is 4.99 Å². The predicted molar refractivity (Wildman–Crippen MR) is 61.9 cm³/mol. The molecule has 0 amide bonds. The van der Waals surface area contributed by atoms with E-state index in [-0.39, 0.29) is 0 Å². The Balaban J connectivity index is 2.13. The SMILES string of the molecule is Oc1ccccc1/C=C/C1=NCCS1. The van der Waals surface area contributed by atoms with Crippen LogP contribution in [0.4, 0.5) is 0 Å². The third-order valence-corrected chi connectivity index (χ3v) is 2.90. The maximum Gasteiger partial charge on any atom is 0.122 e. The summed E-state index contributed by atoms with van der Waals surface area (Å²) in [6.45, 7) is 0.908. The normalized spacial score (nSPS) is 16.1. The molecule has 1 N–H and O–H groups in total. The van der Waals surface area contributed by atoms with Gasteiger partial charge in [-0.05, 0) is 18.2 Å². The zero-order valence-corrected chi connectivity index (χ0v) is 8.50. The minimum absolute atomic E-state index is 0.312. The Hall–Kier alpha value is -1.22. The molecule has 0 atom stereocenters. The van der Waals surface area contributed by atoms with E-state index in [4.69, 9.17) is 0 Å². The van der Waals surface area contributed by atoms with Crippen LogP contribution in [0.5, 0.6) is 5.75 Å². The molecule has 0 saturated heterocycles. The van der Waals surface area contributed by atoms with Crippen molar-refractivity contribution in [1.82, 2.24) is 0 Å². The number of hydrogen-bond donors (Lipinski definition) is 1. The maximum absolute atomic E-state index is 9.49. The molecular formula is C11H11NOS. The van der Waals surface area contributed by atoms with Gasteiger partial charge >= 0.3 is 0 Å². The van der Waals surface area contributed by atoms with Crippen LogP contribution in [0.3, 0.4) is 0 Å². The second-order valence-corrected chi connectivity index (χ2v) is 4.08. The molecule has 2 rings (SSSR count). The van der Waals surface area contributed by atoms with Crippen LogP contribution in [0.2, 0.25) is 0 Å². The molecule has 0 spiro atoms. The second-order valence-electron chi connectivity index (χ2n) is 2.96. The molecule has 1 heterocycles. The van der Waals surface area contributed by atoms with Crippen LogP contribution >= 0.6 is 11.8 Å². The van der Waals surface area contributed by atoms with E-state index < -0.39 is 0 Å². The van der Waals surface area contributed by atoms with Gasteiger partial charge in [0.25, 0.3) is 0 Å². The number of hydrogen-bond acceptors (Lipinski definition) is 3. The third kappa shape index (κ3) is 2.17. The lowest BCUT2D eigenvalue weighted by Gasteiger charge is -1.96. The fourth-order valence-electron chi connectivity index (χ4n) is 1.24. The summed E-state index contributed by atoms with van der Waals surface area (Å²) < 4.78 is 0. The first kappa shape index (κ1) is 9.34. The molecule has 0 unspecified atom stereocenters. The van der Waals surface area contributed by atoms with E-state index in [0.29, 0.717) is 5.75 Å². The van der Waals surface area contributed by atoms with Crippen molar-refractivity contribution in [2.24, 2.45) is 4.99 Å². The third-order valence-electron chi connectivity index (χ3n) is 1.95. The fraction of sp³-hybridized carbons (Fsp3) is 0.182. The smallest absolute Gasteiger partial charge is 0.122 e. The van der Waals surface area contributed by atoms with Crippen LogP contribution in [0.1, 0.15) is 5.56 Å². The summed E-state index contributed by atoms with van der Waals surface area (Å²) in [6.07, 6.45) is 3.85. The van der Waals surface area contributed by atoms with Crippen LogP contribution in [0, 0.1) is 0 Å². The summed E-state index contributed by atoms with van der Waals surface area (Å²) in [6, 6.07) is 7.28. The zero-order chi connectivity index (χ0) is 9.80. The zero-order valence-electron chi connectivity index (χ0n) is 7.68. The summed E-state index contributed by atoms with van der Waals surface area (Å²) in [7, 11) is 0. The summed E-state index contributed by atoms with van der Waals surface area (Å²) in [5, 5.41) is 10.5. The molecule has 72 valence electrons. The average molecular weight is 205 g/mol. The molecule has 0 aliphatic carbocycles. The molecule has 1 aliphatic rings. The Morgan fingerprint density at radius 3 is 2.86 bits per heavy atom. The van der Waals surface area contributed by atoms with Crippen LogP contribution in [-0.2, 0) is 0 Å². The van der Waals surface area contributed by atoms with E-state index in [1.807, 2.05) is 30.4 Å². The van der Waals surface area contributed by atoms with Crippen molar-refractivity contribution in [2.45, 2.75) is 0 Å². The molecule has 0 fully saturated rings. The number of aromatic hydroxyl groups is 1. The summed E-state index contributed by atoms with van der Waals surface area (Å²) in [5.41, 5.74) is 0.836. The van der Waals surface area contributed by atoms with E-state index in [0.717, 1.165) is 22.9 Å². The highest BCUT2D eigenvalue weighted by Gasteiger charge is 2.02. The van der Waals surface area contributed by atoms with E-state index in [9.17, 15) is 5.11 Å². The largest absolute Gasteiger partial charge is 0.507 e. The Labute approximate surface area is 87.4 Å². The fourth-order valence-corrected chi connectivity index (χ4v) is 1.98. The molecule has 0 saturated carbocycles. The number of aliphatic imine (C=N–C) groups is 1. The van der Waals surface area contributed by atoms with Crippen molar-refractivity contribution in [3.63, 3.8) is 0 Å². The molecule has 2 nitrogen and oxygen atoms in total. The van der Waals surface area contributed by atoms with Gasteiger partial charge in [-0.25, -0.2) is 0 Å². The van der Waals surface area contributed by atoms with Gasteiger partial charge in [-0.3, -0.25) is 4.99 Å². The lowest BCUT2D eigenvalue weighted by molar-refractivity contribution is 0.474. The van der Waals surface area contributed by atoms with Crippen molar-refractivity contribution >= 4 is 22.9 Å². The van der Waals surface area contributed by atoms with Crippen molar-refractivity contribution in [2.75, 3.05) is 12.3 Å². The molecule has 3 heteroatoms. The van der Waals surface area contributed by atoms with Crippen LogP contribution in [-0.4, -0.2) is 22.4 Å². The van der Waals surface area contributed by atoms with Crippen LogP contribution in [0.25, 0.3) is 6.08 Å². The van der Waals surface area contributed by atoms with Gasteiger partial charge in [0.05, 0.1) is 5.04 Å². The van der Waals surface area contributed by atoms with Gasteiger partial charge in [-0.15, -0.1) is 11.8 Å². The number of phenolic OH excluding ortho intramolecular Hbond substituents is 1. The first-order valence-electron chi connectivity index (χ1n) is 4.49. The molecule has 1 aromatic carbocycles. The maximum atomic E-state index is 9.49. The second kappa shape index (κ2) is 4.33. The highest BCUT2D eigenvalue weighted by molar-refractivity contribution is 8.14. The van der Waals surface area contributed by atoms with Crippen LogP contribution in [0.15, 0.2) is 35.3 Å². The molecule has 1 aliphatic heterocycles. The Morgan fingerprint density at radius 2 is 2.14 bits per heavy atom. The van der Waals surface area contributed by atoms with E-state index in [1.165, 1.54) is 0 Å². The van der Waals surface area contributed by atoms with Crippen molar-refractivity contribution in [1.29, 1.82) is 0 Å². The van der Waals surface area contributed by atoms with Gasteiger partial charge in [0.1, 0.15) is 5.75 Å². The molecule has 0 bridgehead atoms. The van der Waals surface area contributed by atoms with Crippen molar-refractivity contribution < 1.29 is 5.11 Å². The molecule has 14 heavy (non-hydrogen) atoms. The van der Waals surface area contributed by atoms with Crippen molar-refractivity contribution in [3.05, 3.63) is 35.9 Å². The molecule has 0 aromatic heterocycles. The molecule has 0 radical (unpaired) electrons. The highest BCUT2D eigenvalue weighted by Crippen LogP contribution is 2.19. The number of nitrogens with zero attached hydrogens (tertiary/aromatic N) is 1. The van der Waals surface area contributed by atoms with Crippen LogP contribution < -0.4 is 0 Å². The van der Waals surface area contributed by atoms with Gasteiger partial charge in [0.2, 0.25) is 0 Å². The molecular weight excluding hydrogens is 194 g/mol. The topological polar surface area (TPSA) is 32.6 Å². The summed E-state index contributed by atoms with van der Waals surface area (Å²) in [4.78, 5) is 4.29. The average Bonchev–Trinajstić information content (AvgIpc) is 2.69. The first-order valence-corrected chi connectivity index (χ1v) is 5.48. The summed E-state index contributed by atoms with van der Waals surface area (Å²) in [5.74, 6) is 1.38. The number of thioether (sulfide) groups is 1. The highest BCUT2D eigenvalue weighted by atomic mass is 32.2. The lowest BCUT2D eigenvalue weighted by atomic mass is 10.2. The standard InChI is InChI=1S/C11H11NOS/c13-10-4-2-1-3-9(10)5-6-11-12-7-8-14-11/h1-6,13H,7-8H2/b6-5+. The number of phenols is 1. The lowest BCUT2D eigenvalue weighted by Crippen LogP contribution is -1.79. The Kier molecular flexibility index (Phi) is 2.89. The Bertz CT molecular complexity index is 385. The monoisotopic (exact) mass is 205 g/mol. The first-order chi connectivity index (χ1) is 6.86. The molecule has 1 aromatic rings. The minimum Gasteiger partial charge on any atom is -0.507 e. The number of benzene rings is 1.